The van der Waals surface area contributed by atoms with Gasteiger partial charge in [-0.15, -0.1) is 12.3 Å². The molecule has 2 rings (SSSR count). The van der Waals surface area contributed by atoms with E-state index in [1.165, 1.54) is 11.3 Å². The minimum atomic E-state index is -1.03. The van der Waals surface area contributed by atoms with Crippen molar-refractivity contribution in [2.75, 3.05) is 0 Å². The molecule has 1 heterocycles. The summed E-state index contributed by atoms with van der Waals surface area (Å²) in [6.07, 6.45) is 6.00. The molecule has 0 bridgehead atoms. The van der Waals surface area contributed by atoms with Crippen LogP contribution < -0.4 is 0 Å². The Morgan fingerprint density at radius 3 is 2.58 bits per heavy atom. The second kappa shape index (κ2) is 5.73. The van der Waals surface area contributed by atoms with Crippen molar-refractivity contribution in [1.82, 2.24) is 0 Å². The molecule has 3 heteroatoms. The van der Waals surface area contributed by atoms with E-state index in [1.54, 1.807) is 0 Å². The monoisotopic (exact) mass is 270 g/mol. The normalized spacial score (nSPS) is 13.4. The summed E-state index contributed by atoms with van der Waals surface area (Å²) in [4.78, 5) is 11.8. The van der Waals surface area contributed by atoms with Gasteiger partial charge in [-0.3, -0.25) is 4.79 Å². The van der Waals surface area contributed by atoms with Gasteiger partial charge in [-0.05, 0) is 34.4 Å². The standard InChI is InChI=1S/C16H14O2S/c1-2-9-16(15(17)18,14-8-10-19-12-14)11-13-6-4-3-5-7-13/h1,3-8,10,12H,9,11H2,(H,17,18)/t16-/m0/s1. The average molecular weight is 270 g/mol. The lowest BCUT2D eigenvalue weighted by Gasteiger charge is -2.27. The molecule has 1 aromatic carbocycles. The zero-order chi connectivity index (χ0) is 13.7. The highest BCUT2D eigenvalue weighted by Gasteiger charge is 2.40. The zero-order valence-corrected chi connectivity index (χ0v) is 11.2. The number of rotatable bonds is 5. The molecule has 0 aliphatic heterocycles. The Morgan fingerprint density at radius 1 is 1.32 bits per heavy atom. The first kappa shape index (κ1) is 13.4. The van der Waals surface area contributed by atoms with Gasteiger partial charge in [0.2, 0.25) is 0 Å². The average Bonchev–Trinajstić information content (AvgIpc) is 2.93. The number of thiophene rings is 1. The van der Waals surface area contributed by atoms with Crippen molar-refractivity contribution < 1.29 is 9.90 Å². The van der Waals surface area contributed by atoms with Crippen molar-refractivity contribution in [3.05, 3.63) is 58.3 Å². The first-order valence-electron chi connectivity index (χ1n) is 5.92. The summed E-state index contributed by atoms with van der Waals surface area (Å²) in [7, 11) is 0. The second-order valence-corrected chi connectivity index (χ2v) is 5.22. The predicted octanol–water partition coefficient (Wildman–Crippen LogP) is 3.34. The number of hydrogen-bond acceptors (Lipinski definition) is 2. The van der Waals surface area contributed by atoms with Gasteiger partial charge in [-0.2, -0.15) is 11.3 Å². The molecule has 1 aromatic heterocycles. The Balaban J connectivity index is 2.45. The molecule has 2 nitrogen and oxygen atoms in total. The topological polar surface area (TPSA) is 37.3 Å². The summed E-state index contributed by atoms with van der Waals surface area (Å²) < 4.78 is 0. The highest BCUT2D eigenvalue weighted by Crippen LogP contribution is 2.33. The van der Waals surface area contributed by atoms with Crippen molar-refractivity contribution in [3.8, 4) is 12.3 Å². The largest absolute Gasteiger partial charge is 0.481 e. The molecule has 2 aromatic rings. The van der Waals surface area contributed by atoms with Gasteiger partial charge in [0.25, 0.3) is 0 Å². The molecule has 0 saturated carbocycles. The van der Waals surface area contributed by atoms with E-state index in [1.807, 2.05) is 47.2 Å². The third kappa shape index (κ3) is 2.69. The number of hydrogen-bond donors (Lipinski definition) is 1. The lowest BCUT2D eigenvalue weighted by molar-refractivity contribution is -0.143. The number of carboxylic acid groups (broad SMARTS) is 1. The summed E-state index contributed by atoms with van der Waals surface area (Å²) in [6, 6.07) is 11.4. The number of aliphatic carboxylic acids is 1. The Hall–Kier alpha value is -2.05. The van der Waals surface area contributed by atoms with Crippen LogP contribution in [0.25, 0.3) is 0 Å². The molecule has 1 atom stereocenters. The van der Waals surface area contributed by atoms with Gasteiger partial charge in [0.15, 0.2) is 0 Å². The Morgan fingerprint density at radius 2 is 2.05 bits per heavy atom. The highest BCUT2D eigenvalue weighted by molar-refractivity contribution is 7.08. The maximum absolute atomic E-state index is 11.8. The quantitative estimate of drug-likeness (QED) is 0.846. The minimum absolute atomic E-state index is 0.188. The zero-order valence-electron chi connectivity index (χ0n) is 10.4. The molecular weight excluding hydrogens is 256 g/mol. The molecule has 0 aliphatic carbocycles. The van der Waals surface area contributed by atoms with Gasteiger partial charge < -0.3 is 5.11 Å². The molecule has 96 valence electrons. The van der Waals surface area contributed by atoms with Gasteiger partial charge in [0.1, 0.15) is 5.41 Å². The van der Waals surface area contributed by atoms with Crippen LogP contribution >= 0.6 is 11.3 Å². The number of carbonyl (C=O) groups is 1. The third-order valence-corrected chi connectivity index (χ3v) is 3.92. The van der Waals surface area contributed by atoms with Crippen LogP contribution in [-0.4, -0.2) is 11.1 Å². The first-order valence-corrected chi connectivity index (χ1v) is 6.87. The number of carboxylic acids is 1. The van der Waals surface area contributed by atoms with E-state index < -0.39 is 11.4 Å². The molecule has 0 fully saturated rings. The maximum Gasteiger partial charge on any atom is 0.315 e. The van der Waals surface area contributed by atoms with Gasteiger partial charge in [0, 0.05) is 6.42 Å². The summed E-state index contributed by atoms with van der Waals surface area (Å²) in [5, 5.41) is 13.4. The van der Waals surface area contributed by atoms with E-state index >= 15 is 0 Å². The second-order valence-electron chi connectivity index (χ2n) is 4.44. The Kier molecular flexibility index (Phi) is 4.03. The fourth-order valence-electron chi connectivity index (χ4n) is 2.20. The number of benzene rings is 1. The molecule has 19 heavy (non-hydrogen) atoms. The van der Waals surface area contributed by atoms with Crippen molar-refractivity contribution in [2.24, 2.45) is 0 Å². The predicted molar refractivity (Wildman–Crippen MR) is 77.2 cm³/mol. The van der Waals surface area contributed by atoms with Crippen LogP contribution in [0.5, 0.6) is 0 Å². The van der Waals surface area contributed by atoms with Crippen LogP contribution in [0.15, 0.2) is 47.2 Å². The summed E-state index contributed by atoms with van der Waals surface area (Å²) in [6.45, 7) is 0. The molecular formula is C16H14O2S. The first-order chi connectivity index (χ1) is 9.19. The molecule has 0 unspecified atom stereocenters. The van der Waals surface area contributed by atoms with Gasteiger partial charge in [-0.1, -0.05) is 30.3 Å². The fourth-order valence-corrected chi connectivity index (χ4v) is 2.95. The summed E-state index contributed by atoms with van der Waals surface area (Å²) >= 11 is 1.49. The number of terminal acetylenes is 1. The fraction of sp³-hybridized carbons (Fsp3) is 0.188. The molecule has 0 aliphatic rings. The smallest absolute Gasteiger partial charge is 0.315 e. The van der Waals surface area contributed by atoms with E-state index in [4.69, 9.17) is 6.42 Å². The van der Waals surface area contributed by atoms with Crippen LogP contribution in [0.4, 0.5) is 0 Å². The van der Waals surface area contributed by atoms with Crippen molar-refractivity contribution in [1.29, 1.82) is 0 Å². The Bertz CT molecular complexity index is 581. The highest BCUT2D eigenvalue weighted by atomic mass is 32.1. The summed E-state index contributed by atoms with van der Waals surface area (Å²) in [5.74, 6) is 1.65. The Labute approximate surface area is 116 Å². The van der Waals surface area contributed by atoms with E-state index in [0.29, 0.717) is 6.42 Å². The van der Waals surface area contributed by atoms with Crippen LogP contribution in [-0.2, 0) is 16.6 Å². The molecule has 0 amide bonds. The summed E-state index contributed by atoms with van der Waals surface area (Å²) in [5.41, 5.74) is 0.731. The SMILES string of the molecule is C#CC[C@@](Cc1ccccc1)(C(=O)O)c1ccsc1. The van der Waals surface area contributed by atoms with Crippen LogP contribution in [0, 0.1) is 12.3 Å². The molecule has 0 saturated heterocycles. The van der Waals surface area contributed by atoms with E-state index in [2.05, 4.69) is 5.92 Å². The van der Waals surface area contributed by atoms with E-state index in [-0.39, 0.29) is 6.42 Å². The minimum Gasteiger partial charge on any atom is -0.481 e. The van der Waals surface area contributed by atoms with Gasteiger partial charge in [-0.25, -0.2) is 0 Å². The molecule has 0 spiro atoms. The van der Waals surface area contributed by atoms with Crippen LogP contribution in [0.1, 0.15) is 17.5 Å². The lowest BCUT2D eigenvalue weighted by atomic mass is 9.74. The molecule has 0 radical (unpaired) electrons. The van der Waals surface area contributed by atoms with Crippen molar-refractivity contribution >= 4 is 17.3 Å². The maximum atomic E-state index is 11.8. The van der Waals surface area contributed by atoms with E-state index in [9.17, 15) is 9.90 Å². The van der Waals surface area contributed by atoms with Crippen molar-refractivity contribution in [2.45, 2.75) is 18.3 Å². The van der Waals surface area contributed by atoms with Crippen LogP contribution in [0.2, 0.25) is 0 Å². The van der Waals surface area contributed by atoms with Crippen molar-refractivity contribution in [3.63, 3.8) is 0 Å². The lowest BCUT2D eigenvalue weighted by Crippen LogP contribution is -2.37. The van der Waals surface area contributed by atoms with Gasteiger partial charge >= 0.3 is 5.97 Å². The van der Waals surface area contributed by atoms with E-state index in [0.717, 1.165) is 11.1 Å². The third-order valence-electron chi connectivity index (χ3n) is 3.24. The molecule has 1 N–H and O–H groups in total. The van der Waals surface area contributed by atoms with Gasteiger partial charge in [0.05, 0.1) is 0 Å². The van der Waals surface area contributed by atoms with Crippen LogP contribution in [0.3, 0.4) is 0 Å².